The molecular formula is C25H29Cl2N3O4. The van der Waals surface area contributed by atoms with Crippen LogP contribution in [0.15, 0.2) is 35.1 Å². The average molecular weight is 506 g/mol. The first kappa shape index (κ1) is 23.5. The van der Waals surface area contributed by atoms with Crippen LogP contribution in [0.2, 0.25) is 10.0 Å². The zero-order valence-electron chi connectivity index (χ0n) is 19.5. The number of benzene rings is 2. The number of imidazole rings is 1. The van der Waals surface area contributed by atoms with Gasteiger partial charge >= 0.3 is 5.69 Å². The highest BCUT2D eigenvalue weighted by atomic mass is 35.5. The maximum Gasteiger partial charge on any atom is 0.326 e. The lowest BCUT2D eigenvalue weighted by molar-refractivity contribution is -0.0709. The molecule has 0 saturated carbocycles. The molecule has 1 fully saturated rings. The van der Waals surface area contributed by atoms with Crippen molar-refractivity contribution >= 4 is 34.2 Å². The Morgan fingerprint density at radius 2 is 1.91 bits per heavy atom. The fourth-order valence-corrected chi connectivity index (χ4v) is 5.60. The number of nitrogens with one attached hydrogen (secondary N) is 1. The predicted molar refractivity (Wildman–Crippen MR) is 133 cm³/mol. The summed E-state index contributed by atoms with van der Waals surface area (Å²) in [6.45, 7) is 7.12. The molecule has 2 aliphatic rings. The van der Waals surface area contributed by atoms with Crippen LogP contribution in [-0.4, -0.2) is 50.6 Å². The number of nitrogens with zero attached hydrogens (tertiary/aromatic N) is 2. The molecule has 0 amide bonds. The minimum absolute atomic E-state index is 0.0490. The Hall–Kier alpha value is -2.19. The van der Waals surface area contributed by atoms with Crippen LogP contribution in [-0.2, 0) is 6.42 Å². The van der Waals surface area contributed by atoms with Gasteiger partial charge in [0.1, 0.15) is 11.7 Å². The number of hydrogen-bond donors (Lipinski definition) is 2. The van der Waals surface area contributed by atoms with E-state index in [0.29, 0.717) is 34.6 Å². The molecule has 2 aliphatic heterocycles. The minimum atomic E-state index is -0.737. The largest absolute Gasteiger partial charge is 0.483 e. The smallest absolute Gasteiger partial charge is 0.326 e. The molecule has 34 heavy (non-hydrogen) atoms. The van der Waals surface area contributed by atoms with E-state index >= 15 is 0 Å². The number of aliphatic hydroxyl groups is 1. The van der Waals surface area contributed by atoms with E-state index in [2.05, 4.69) is 9.88 Å². The van der Waals surface area contributed by atoms with Crippen molar-refractivity contribution in [3.63, 3.8) is 0 Å². The van der Waals surface area contributed by atoms with E-state index in [0.717, 1.165) is 35.9 Å². The van der Waals surface area contributed by atoms with Crippen molar-refractivity contribution in [1.82, 2.24) is 14.5 Å². The second kappa shape index (κ2) is 8.79. The first-order valence-electron chi connectivity index (χ1n) is 11.6. The molecule has 182 valence electrons. The van der Waals surface area contributed by atoms with Crippen LogP contribution in [0.4, 0.5) is 0 Å². The highest BCUT2D eigenvalue weighted by molar-refractivity contribution is 6.31. The molecule has 0 spiro atoms. The number of aromatic nitrogens is 2. The summed E-state index contributed by atoms with van der Waals surface area (Å²) in [5, 5.41) is 11.8. The maximum absolute atomic E-state index is 12.7. The van der Waals surface area contributed by atoms with Gasteiger partial charge in [-0.15, -0.1) is 0 Å². The summed E-state index contributed by atoms with van der Waals surface area (Å²) in [7, 11) is 0. The molecule has 9 heteroatoms. The first-order chi connectivity index (χ1) is 16.1. The Labute approximate surface area is 208 Å². The summed E-state index contributed by atoms with van der Waals surface area (Å²) in [5.74, 6) is 1.24. The molecule has 0 bridgehead atoms. The van der Waals surface area contributed by atoms with Gasteiger partial charge < -0.3 is 19.6 Å². The van der Waals surface area contributed by atoms with E-state index in [1.165, 1.54) is 0 Å². The number of H-pyrrole nitrogens is 1. The Morgan fingerprint density at radius 3 is 2.62 bits per heavy atom. The molecule has 1 aromatic heterocycles. The lowest BCUT2D eigenvalue weighted by Crippen LogP contribution is -2.50. The number of hydrogen-bond acceptors (Lipinski definition) is 5. The van der Waals surface area contributed by atoms with Crippen LogP contribution in [0.5, 0.6) is 11.5 Å². The van der Waals surface area contributed by atoms with E-state index in [9.17, 15) is 9.90 Å². The third kappa shape index (κ3) is 4.42. The quantitative estimate of drug-likeness (QED) is 0.521. The molecule has 0 aliphatic carbocycles. The van der Waals surface area contributed by atoms with Gasteiger partial charge in [0, 0.05) is 47.2 Å². The molecule has 2 aromatic carbocycles. The van der Waals surface area contributed by atoms with Crippen LogP contribution < -0.4 is 15.2 Å². The third-order valence-electron chi connectivity index (χ3n) is 6.65. The number of aliphatic hydroxyl groups excluding tert-OH is 1. The number of likely N-dealkylation sites (tertiary alicyclic amines) is 1. The van der Waals surface area contributed by atoms with Crippen molar-refractivity contribution < 1.29 is 14.6 Å². The van der Waals surface area contributed by atoms with Crippen LogP contribution in [0.25, 0.3) is 11.0 Å². The fourth-order valence-electron chi connectivity index (χ4n) is 5.20. The predicted octanol–water partition coefficient (Wildman–Crippen LogP) is 4.77. The second-order valence-electron chi connectivity index (χ2n) is 9.91. The van der Waals surface area contributed by atoms with Crippen molar-refractivity contribution in [1.29, 1.82) is 0 Å². The van der Waals surface area contributed by atoms with Crippen molar-refractivity contribution in [2.45, 2.75) is 64.0 Å². The summed E-state index contributed by atoms with van der Waals surface area (Å²) >= 11 is 12.4. The topological polar surface area (TPSA) is 79.7 Å². The van der Waals surface area contributed by atoms with Gasteiger partial charge in [-0.25, -0.2) is 4.79 Å². The van der Waals surface area contributed by atoms with E-state index in [4.69, 9.17) is 32.7 Å². The van der Waals surface area contributed by atoms with Gasteiger partial charge in [0.15, 0.2) is 17.7 Å². The number of rotatable bonds is 5. The van der Waals surface area contributed by atoms with Gasteiger partial charge in [0.05, 0.1) is 11.0 Å². The van der Waals surface area contributed by atoms with Gasteiger partial charge in [-0.2, -0.15) is 0 Å². The molecule has 0 radical (unpaired) electrons. The van der Waals surface area contributed by atoms with Gasteiger partial charge in [-0.1, -0.05) is 23.2 Å². The van der Waals surface area contributed by atoms with Crippen molar-refractivity contribution in [2.24, 2.45) is 0 Å². The van der Waals surface area contributed by atoms with Crippen LogP contribution >= 0.6 is 23.2 Å². The Kier molecular flexibility index (Phi) is 6.09. The number of aromatic amines is 1. The van der Waals surface area contributed by atoms with Gasteiger partial charge in [-0.05, 0) is 57.9 Å². The number of fused-ring (bicyclic) bond motifs is 2. The summed E-state index contributed by atoms with van der Waals surface area (Å²) in [6, 6.07) is 9.16. The van der Waals surface area contributed by atoms with Crippen LogP contribution in [0.1, 0.15) is 45.2 Å². The zero-order chi connectivity index (χ0) is 24.2. The summed E-state index contributed by atoms with van der Waals surface area (Å²) in [5.41, 5.74) is 2.14. The molecule has 3 heterocycles. The minimum Gasteiger partial charge on any atom is -0.483 e. The number of ether oxygens (including phenoxy) is 2. The molecule has 2 unspecified atom stereocenters. The Morgan fingerprint density at radius 1 is 1.18 bits per heavy atom. The molecule has 2 N–H and O–H groups in total. The molecule has 7 nitrogen and oxygen atoms in total. The molecule has 3 aromatic rings. The van der Waals surface area contributed by atoms with Crippen LogP contribution in [0.3, 0.4) is 0 Å². The van der Waals surface area contributed by atoms with Crippen molar-refractivity contribution in [3.8, 4) is 11.5 Å². The Balaban J connectivity index is 1.35. The number of piperidine rings is 1. The lowest BCUT2D eigenvalue weighted by atomic mass is 10.0. The molecule has 5 rings (SSSR count). The summed E-state index contributed by atoms with van der Waals surface area (Å²) in [6.07, 6.45) is 0.945. The average Bonchev–Trinajstić information content (AvgIpc) is 3.25. The first-order valence-corrected chi connectivity index (χ1v) is 12.4. The fraction of sp³-hybridized carbons (Fsp3) is 0.480. The highest BCUT2D eigenvalue weighted by Crippen LogP contribution is 2.44. The second-order valence-corrected chi connectivity index (χ2v) is 10.8. The van der Waals surface area contributed by atoms with E-state index in [1.807, 2.05) is 30.5 Å². The lowest BCUT2D eigenvalue weighted by Gasteiger charge is -2.39. The molecule has 2 atom stereocenters. The summed E-state index contributed by atoms with van der Waals surface area (Å²) in [4.78, 5) is 17.7. The van der Waals surface area contributed by atoms with Crippen molar-refractivity contribution in [3.05, 3.63) is 56.4 Å². The molecular weight excluding hydrogens is 477 g/mol. The zero-order valence-corrected chi connectivity index (χ0v) is 21.0. The van der Waals surface area contributed by atoms with E-state index in [1.54, 1.807) is 25.1 Å². The third-order valence-corrected chi connectivity index (χ3v) is 7.11. The van der Waals surface area contributed by atoms with E-state index < -0.39 is 12.3 Å². The van der Waals surface area contributed by atoms with Gasteiger partial charge in [0.25, 0.3) is 0 Å². The normalized spacial score (nSPS) is 20.2. The van der Waals surface area contributed by atoms with Crippen LogP contribution in [0, 0.1) is 0 Å². The molecule has 1 saturated heterocycles. The number of halogens is 2. The maximum atomic E-state index is 12.7. The van der Waals surface area contributed by atoms with Gasteiger partial charge in [0.2, 0.25) is 0 Å². The Bertz CT molecular complexity index is 1280. The standard InChI is InChI=1S/C25H29Cl2N3O4/c1-14(31)23(33-21-12-17(27)10-15-13-25(2,3)34-22(15)21)29-8-6-18(7-9-29)30-20-5-4-16(26)11-19(20)28-24(30)32/h4-5,10-12,14,18,23,31H,6-9,13H2,1-3H3,(H,28,32). The van der Waals surface area contributed by atoms with Gasteiger partial charge in [-0.3, -0.25) is 9.47 Å². The SMILES string of the molecule is CC(O)C(Oc1cc(Cl)cc2c1OC(C)(C)C2)N1CCC(n2c(=O)[nH]c3cc(Cl)ccc32)CC1. The summed E-state index contributed by atoms with van der Waals surface area (Å²) < 4.78 is 14.3. The monoisotopic (exact) mass is 505 g/mol. The van der Waals surface area contributed by atoms with E-state index in [-0.39, 0.29) is 17.3 Å². The highest BCUT2D eigenvalue weighted by Gasteiger charge is 2.36. The van der Waals surface area contributed by atoms with Crippen molar-refractivity contribution in [2.75, 3.05) is 13.1 Å².